The normalized spacial score (nSPS) is 12.6. The van der Waals surface area contributed by atoms with Crippen molar-refractivity contribution in [2.45, 2.75) is 5.41 Å². The SMILES string of the molecule is [C-]#[N+]c1ccc(-c2nc(-c3ccccc3)nc(-c3ccc(-c4ccc5c(c4)Oc4ccccc4C5(c4ccccc4)c4ccccc4)c4ccccc34)n2)cc1. The lowest BCUT2D eigenvalue weighted by molar-refractivity contribution is 0.435. The third-order valence-electron chi connectivity index (χ3n) is 10.7. The van der Waals surface area contributed by atoms with E-state index in [1.54, 1.807) is 12.1 Å². The molecule has 0 spiro atoms. The topological polar surface area (TPSA) is 52.3 Å². The largest absolute Gasteiger partial charge is 0.457 e. The highest BCUT2D eigenvalue weighted by Gasteiger charge is 2.45. The Bertz CT molecular complexity index is 2900. The predicted molar refractivity (Wildman–Crippen MR) is 224 cm³/mol. The molecule has 10 rings (SSSR count). The molecule has 0 saturated carbocycles. The number of hydrogen-bond acceptors (Lipinski definition) is 4. The molecular weight excluding hydrogens is 685 g/mol. The third kappa shape index (κ3) is 5.43. The van der Waals surface area contributed by atoms with E-state index in [0.29, 0.717) is 23.2 Å². The van der Waals surface area contributed by atoms with Gasteiger partial charge in [0.2, 0.25) is 0 Å². The molecule has 0 fully saturated rings. The van der Waals surface area contributed by atoms with Gasteiger partial charge in [0, 0.05) is 27.8 Å². The Balaban J connectivity index is 1.15. The van der Waals surface area contributed by atoms with Crippen LogP contribution in [0.4, 0.5) is 5.69 Å². The average molecular weight is 717 g/mol. The van der Waals surface area contributed by atoms with Gasteiger partial charge < -0.3 is 4.74 Å². The molecule has 1 aromatic heterocycles. The Kier molecular flexibility index (Phi) is 8.01. The van der Waals surface area contributed by atoms with Crippen LogP contribution in [0.2, 0.25) is 0 Å². The summed E-state index contributed by atoms with van der Waals surface area (Å²) >= 11 is 0. The van der Waals surface area contributed by atoms with Crippen molar-refractivity contribution in [2.75, 3.05) is 0 Å². The molecule has 2 heterocycles. The second-order valence-electron chi connectivity index (χ2n) is 13.8. The van der Waals surface area contributed by atoms with Crippen LogP contribution in [0.25, 0.3) is 60.9 Å². The number of fused-ring (bicyclic) bond motifs is 3. The van der Waals surface area contributed by atoms with Crippen LogP contribution >= 0.6 is 0 Å². The summed E-state index contributed by atoms with van der Waals surface area (Å²) in [5.41, 5.74) is 9.28. The molecule has 5 heteroatoms. The van der Waals surface area contributed by atoms with Crippen LogP contribution in [0.3, 0.4) is 0 Å². The Morgan fingerprint density at radius 3 is 1.57 bits per heavy atom. The highest BCUT2D eigenvalue weighted by Crippen LogP contribution is 2.56. The first kappa shape index (κ1) is 32.9. The van der Waals surface area contributed by atoms with Crippen LogP contribution in [-0.2, 0) is 5.41 Å². The Morgan fingerprint density at radius 1 is 0.411 bits per heavy atom. The smallest absolute Gasteiger partial charge is 0.187 e. The van der Waals surface area contributed by atoms with Crippen LogP contribution in [0.1, 0.15) is 22.3 Å². The van der Waals surface area contributed by atoms with Crippen molar-refractivity contribution in [2.24, 2.45) is 0 Å². The molecule has 0 atom stereocenters. The fourth-order valence-corrected chi connectivity index (χ4v) is 8.15. The second-order valence-corrected chi connectivity index (χ2v) is 13.8. The van der Waals surface area contributed by atoms with E-state index in [1.807, 2.05) is 48.5 Å². The zero-order chi connectivity index (χ0) is 37.5. The summed E-state index contributed by atoms with van der Waals surface area (Å²) in [4.78, 5) is 18.5. The van der Waals surface area contributed by atoms with Gasteiger partial charge in [-0.15, -0.1) is 0 Å². The van der Waals surface area contributed by atoms with Gasteiger partial charge in [-0.2, -0.15) is 0 Å². The van der Waals surface area contributed by atoms with Crippen LogP contribution in [0.5, 0.6) is 11.5 Å². The van der Waals surface area contributed by atoms with E-state index in [2.05, 4.69) is 138 Å². The number of nitrogens with zero attached hydrogens (tertiary/aromatic N) is 4. The monoisotopic (exact) mass is 716 g/mol. The quantitative estimate of drug-likeness (QED) is 0.161. The van der Waals surface area contributed by atoms with Gasteiger partial charge in [-0.05, 0) is 51.2 Å². The molecule has 8 aromatic carbocycles. The molecule has 9 aromatic rings. The minimum atomic E-state index is -0.583. The van der Waals surface area contributed by atoms with Gasteiger partial charge >= 0.3 is 0 Å². The molecule has 0 amide bonds. The summed E-state index contributed by atoms with van der Waals surface area (Å²) in [6.45, 7) is 7.41. The first-order valence-corrected chi connectivity index (χ1v) is 18.6. The minimum Gasteiger partial charge on any atom is -0.457 e. The Labute approximate surface area is 325 Å². The highest BCUT2D eigenvalue weighted by molar-refractivity contribution is 6.04. The molecule has 56 heavy (non-hydrogen) atoms. The summed E-state index contributed by atoms with van der Waals surface area (Å²) in [5.74, 6) is 3.37. The lowest BCUT2D eigenvalue weighted by Gasteiger charge is -2.41. The third-order valence-corrected chi connectivity index (χ3v) is 10.7. The van der Waals surface area contributed by atoms with Crippen LogP contribution in [-0.4, -0.2) is 15.0 Å². The van der Waals surface area contributed by atoms with E-state index in [4.69, 9.17) is 26.3 Å². The van der Waals surface area contributed by atoms with Crippen molar-refractivity contribution < 1.29 is 4.74 Å². The minimum absolute atomic E-state index is 0.547. The lowest BCUT2D eigenvalue weighted by Crippen LogP contribution is -2.34. The number of para-hydroxylation sites is 1. The van der Waals surface area contributed by atoms with Gasteiger partial charge in [0.05, 0.1) is 12.0 Å². The summed E-state index contributed by atoms with van der Waals surface area (Å²) in [6, 6.07) is 66.6. The van der Waals surface area contributed by atoms with E-state index in [1.165, 1.54) is 11.1 Å². The van der Waals surface area contributed by atoms with Crippen molar-refractivity contribution in [3.05, 3.63) is 228 Å². The van der Waals surface area contributed by atoms with Crippen molar-refractivity contribution in [3.8, 4) is 56.8 Å². The molecule has 0 unspecified atom stereocenters. The molecule has 0 N–H and O–H groups in total. The zero-order valence-electron chi connectivity index (χ0n) is 30.2. The Hall–Kier alpha value is -7.68. The summed E-state index contributed by atoms with van der Waals surface area (Å²) < 4.78 is 6.82. The summed E-state index contributed by atoms with van der Waals surface area (Å²) in [5, 5.41) is 2.10. The molecule has 262 valence electrons. The number of ether oxygens (including phenoxy) is 1. The van der Waals surface area contributed by atoms with Gasteiger partial charge in [0.1, 0.15) is 11.5 Å². The van der Waals surface area contributed by atoms with Gasteiger partial charge in [-0.1, -0.05) is 176 Å². The van der Waals surface area contributed by atoms with Crippen LogP contribution < -0.4 is 4.74 Å². The van der Waals surface area contributed by atoms with Gasteiger partial charge in [-0.25, -0.2) is 19.8 Å². The fraction of sp³-hybridized carbons (Fsp3) is 0.0196. The maximum atomic E-state index is 7.41. The van der Waals surface area contributed by atoms with E-state index in [-0.39, 0.29) is 0 Å². The highest BCUT2D eigenvalue weighted by atomic mass is 16.5. The van der Waals surface area contributed by atoms with Crippen LogP contribution in [0.15, 0.2) is 194 Å². The van der Waals surface area contributed by atoms with Gasteiger partial charge in [0.25, 0.3) is 0 Å². The van der Waals surface area contributed by atoms with E-state index in [0.717, 1.165) is 61.2 Å². The van der Waals surface area contributed by atoms with Gasteiger partial charge in [-0.3, -0.25) is 0 Å². The number of benzene rings is 8. The van der Waals surface area contributed by atoms with E-state index < -0.39 is 5.41 Å². The summed E-state index contributed by atoms with van der Waals surface area (Å²) in [7, 11) is 0. The first-order valence-electron chi connectivity index (χ1n) is 18.6. The molecule has 0 bridgehead atoms. The molecule has 5 nitrogen and oxygen atoms in total. The molecule has 0 radical (unpaired) electrons. The average Bonchev–Trinajstić information content (AvgIpc) is 3.28. The van der Waals surface area contributed by atoms with Crippen molar-refractivity contribution in [1.29, 1.82) is 0 Å². The number of hydrogen-bond donors (Lipinski definition) is 0. The molecule has 1 aliphatic rings. The van der Waals surface area contributed by atoms with E-state index in [9.17, 15) is 0 Å². The maximum absolute atomic E-state index is 7.41. The Morgan fingerprint density at radius 2 is 0.911 bits per heavy atom. The van der Waals surface area contributed by atoms with Crippen molar-refractivity contribution >= 4 is 16.5 Å². The molecular formula is C51H32N4O. The fourth-order valence-electron chi connectivity index (χ4n) is 8.15. The van der Waals surface area contributed by atoms with Crippen LogP contribution in [0, 0.1) is 6.57 Å². The molecule has 0 saturated heterocycles. The first-order chi connectivity index (χ1) is 27.7. The number of aromatic nitrogens is 3. The molecule has 0 aliphatic carbocycles. The summed E-state index contributed by atoms with van der Waals surface area (Å²) in [6.07, 6.45) is 0. The maximum Gasteiger partial charge on any atom is 0.187 e. The lowest BCUT2D eigenvalue weighted by atomic mass is 9.63. The number of rotatable bonds is 6. The molecule has 1 aliphatic heterocycles. The van der Waals surface area contributed by atoms with E-state index >= 15 is 0 Å². The van der Waals surface area contributed by atoms with Crippen molar-refractivity contribution in [3.63, 3.8) is 0 Å². The second kappa shape index (κ2) is 13.6. The standard InChI is InChI=1S/C51H32N4O/c1-52-39-28-25-35(26-29-39)49-53-48(34-15-5-2-6-16-34)54-50(55-49)43-31-30-40(41-21-11-12-22-42(41)43)36-27-32-45-47(33-36)56-46-24-14-13-23-44(46)51(45,37-17-7-3-8-18-37)38-19-9-4-10-20-38/h2-33H. The van der Waals surface area contributed by atoms with Crippen molar-refractivity contribution in [1.82, 2.24) is 15.0 Å². The van der Waals surface area contributed by atoms with Gasteiger partial charge in [0.15, 0.2) is 23.2 Å². The zero-order valence-corrected chi connectivity index (χ0v) is 30.2. The predicted octanol–water partition coefficient (Wildman–Crippen LogP) is 12.7.